The molecule has 1 aromatic carbocycles. The number of aryl methyl sites for hydroxylation is 2. The predicted octanol–water partition coefficient (Wildman–Crippen LogP) is 3.70. The van der Waals surface area contributed by atoms with Gasteiger partial charge in [-0.3, -0.25) is 4.79 Å². The molecule has 17 heavy (non-hydrogen) atoms. The monoisotopic (exact) mass is 225 g/mol. The standard InChI is InChI=1S/C15H13O2/c1-8-9(2)17-10(3)14-13(8)11-6-4-5-7-12(11)15(14)16/h4-7H,1-3H3/q+1. The van der Waals surface area contributed by atoms with Gasteiger partial charge in [0.1, 0.15) is 5.56 Å². The zero-order chi connectivity index (χ0) is 12.2. The number of carbonyl (C=O) groups excluding carboxylic acids is 1. The molecule has 1 aromatic heterocycles. The highest BCUT2D eigenvalue weighted by Crippen LogP contribution is 2.41. The summed E-state index contributed by atoms with van der Waals surface area (Å²) in [4.78, 5) is 12.3. The smallest absolute Gasteiger partial charge is 0.288 e. The molecule has 1 heterocycles. The van der Waals surface area contributed by atoms with E-state index in [1.165, 1.54) is 0 Å². The average molecular weight is 225 g/mol. The van der Waals surface area contributed by atoms with Gasteiger partial charge in [-0.2, -0.15) is 0 Å². The van der Waals surface area contributed by atoms with Gasteiger partial charge in [-0.05, 0) is 12.5 Å². The maximum Gasteiger partial charge on any atom is 0.338 e. The fourth-order valence-corrected chi connectivity index (χ4v) is 2.54. The van der Waals surface area contributed by atoms with Crippen molar-refractivity contribution in [3.05, 3.63) is 52.5 Å². The number of benzene rings is 1. The van der Waals surface area contributed by atoms with Gasteiger partial charge in [0.25, 0.3) is 0 Å². The van der Waals surface area contributed by atoms with Crippen LogP contribution in [0.25, 0.3) is 11.1 Å². The Morgan fingerprint density at radius 2 is 1.53 bits per heavy atom. The Labute approximate surface area is 99.9 Å². The molecule has 2 nitrogen and oxygen atoms in total. The largest absolute Gasteiger partial charge is 0.338 e. The lowest BCUT2D eigenvalue weighted by molar-refractivity contribution is 0.104. The molecule has 0 radical (unpaired) electrons. The second-order valence-electron chi connectivity index (χ2n) is 4.46. The minimum Gasteiger partial charge on any atom is -0.288 e. The first-order chi connectivity index (χ1) is 8.11. The SMILES string of the molecule is Cc1[o+]c(C)c2c(c1C)-c1ccccc1C2=O. The zero-order valence-electron chi connectivity index (χ0n) is 10.1. The molecule has 2 heteroatoms. The minimum atomic E-state index is 0.0833. The lowest BCUT2D eigenvalue weighted by Crippen LogP contribution is -1.99. The Balaban J connectivity index is 2.48. The summed E-state index contributed by atoms with van der Waals surface area (Å²) in [6.07, 6.45) is 0. The van der Waals surface area contributed by atoms with Crippen molar-refractivity contribution < 1.29 is 9.21 Å². The molecule has 0 unspecified atom stereocenters. The van der Waals surface area contributed by atoms with E-state index in [0.29, 0.717) is 5.76 Å². The van der Waals surface area contributed by atoms with E-state index in [9.17, 15) is 4.79 Å². The predicted molar refractivity (Wildman–Crippen MR) is 66.2 cm³/mol. The van der Waals surface area contributed by atoms with E-state index in [-0.39, 0.29) is 5.78 Å². The van der Waals surface area contributed by atoms with Crippen molar-refractivity contribution in [1.29, 1.82) is 0 Å². The number of fused-ring (bicyclic) bond motifs is 3. The molecular weight excluding hydrogens is 212 g/mol. The third-order valence-electron chi connectivity index (χ3n) is 3.48. The van der Waals surface area contributed by atoms with Crippen molar-refractivity contribution in [2.24, 2.45) is 0 Å². The van der Waals surface area contributed by atoms with Gasteiger partial charge in [-0.15, -0.1) is 0 Å². The molecule has 84 valence electrons. The number of hydrogen-bond donors (Lipinski definition) is 0. The molecule has 0 bridgehead atoms. The third-order valence-corrected chi connectivity index (χ3v) is 3.48. The first-order valence-corrected chi connectivity index (χ1v) is 5.69. The van der Waals surface area contributed by atoms with Gasteiger partial charge >= 0.3 is 11.5 Å². The molecule has 1 aliphatic carbocycles. The molecule has 0 fully saturated rings. The summed E-state index contributed by atoms with van der Waals surface area (Å²) in [6.45, 7) is 5.80. The van der Waals surface area contributed by atoms with Crippen LogP contribution >= 0.6 is 0 Å². The van der Waals surface area contributed by atoms with Crippen molar-refractivity contribution in [2.45, 2.75) is 20.8 Å². The molecule has 0 aliphatic heterocycles. The third kappa shape index (κ3) is 1.21. The molecule has 0 atom stereocenters. The fraction of sp³-hybridized carbons (Fsp3) is 0.200. The molecule has 0 N–H and O–H groups in total. The molecule has 0 saturated carbocycles. The number of carbonyl (C=O) groups is 1. The number of ketones is 1. The second kappa shape index (κ2) is 3.27. The van der Waals surface area contributed by atoms with Crippen LogP contribution in [0.4, 0.5) is 0 Å². The van der Waals surface area contributed by atoms with E-state index in [2.05, 4.69) is 0 Å². The van der Waals surface area contributed by atoms with Crippen molar-refractivity contribution in [1.82, 2.24) is 0 Å². The molecule has 3 rings (SSSR count). The Kier molecular flexibility index (Phi) is 1.96. The molecule has 1 aliphatic rings. The van der Waals surface area contributed by atoms with Gasteiger partial charge < -0.3 is 0 Å². The van der Waals surface area contributed by atoms with Gasteiger partial charge in [0.2, 0.25) is 5.78 Å². The minimum absolute atomic E-state index is 0.0833. The van der Waals surface area contributed by atoms with Gasteiger partial charge in [0.05, 0.1) is 19.4 Å². The lowest BCUT2D eigenvalue weighted by Gasteiger charge is -2.01. The highest BCUT2D eigenvalue weighted by molar-refractivity contribution is 6.22. The van der Waals surface area contributed by atoms with Crippen molar-refractivity contribution in [3.63, 3.8) is 0 Å². The van der Waals surface area contributed by atoms with Crippen LogP contribution < -0.4 is 0 Å². The van der Waals surface area contributed by atoms with Gasteiger partial charge in [0.15, 0.2) is 0 Å². The topological polar surface area (TPSA) is 28.4 Å². The molecule has 2 aromatic rings. The molecule has 0 spiro atoms. The summed E-state index contributed by atoms with van der Waals surface area (Å²) in [5.41, 5.74) is 4.66. The van der Waals surface area contributed by atoms with Crippen LogP contribution in [-0.4, -0.2) is 5.78 Å². The summed E-state index contributed by atoms with van der Waals surface area (Å²) in [7, 11) is 0. The first-order valence-electron chi connectivity index (χ1n) is 5.69. The highest BCUT2D eigenvalue weighted by Gasteiger charge is 2.36. The van der Waals surface area contributed by atoms with Crippen LogP contribution in [-0.2, 0) is 0 Å². The van der Waals surface area contributed by atoms with Crippen LogP contribution in [0.3, 0.4) is 0 Å². The van der Waals surface area contributed by atoms with Gasteiger partial charge in [-0.1, -0.05) is 24.3 Å². The zero-order valence-corrected chi connectivity index (χ0v) is 10.1. The number of rotatable bonds is 0. The van der Waals surface area contributed by atoms with Crippen LogP contribution in [0, 0.1) is 20.8 Å². The van der Waals surface area contributed by atoms with Crippen LogP contribution in [0.1, 0.15) is 33.0 Å². The van der Waals surface area contributed by atoms with E-state index >= 15 is 0 Å². The van der Waals surface area contributed by atoms with E-state index in [1.54, 1.807) is 0 Å². The second-order valence-corrected chi connectivity index (χ2v) is 4.46. The summed E-state index contributed by atoms with van der Waals surface area (Å²) in [5.74, 6) is 1.68. The van der Waals surface area contributed by atoms with E-state index < -0.39 is 0 Å². The Bertz CT molecular complexity index is 654. The summed E-state index contributed by atoms with van der Waals surface area (Å²) in [5, 5.41) is 0. The van der Waals surface area contributed by atoms with Crippen molar-refractivity contribution in [3.8, 4) is 11.1 Å². The van der Waals surface area contributed by atoms with Crippen molar-refractivity contribution in [2.75, 3.05) is 0 Å². The Morgan fingerprint density at radius 1 is 0.882 bits per heavy atom. The Hall–Kier alpha value is -1.96. The molecular formula is C15H13O2+. The van der Waals surface area contributed by atoms with Crippen LogP contribution in [0.15, 0.2) is 28.7 Å². The first kappa shape index (κ1) is 10.2. The maximum absolute atomic E-state index is 12.3. The van der Waals surface area contributed by atoms with E-state index in [0.717, 1.165) is 33.6 Å². The van der Waals surface area contributed by atoms with E-state index in [4.69, 9.17) is 4.42 Å². The fourth-order valence-electron chi connectivity index (χ4n) is 2.54. The summed E-state index contributed by atoms with van der Waals surface area (Å²) in [6, 6.07) is 7.75. The van der Waals surface area contributed by atoms with Crippen LogP contribution in [0.2, 0.25) is 0 Å². The summed E-state index contributed by atoms with van der Waals surface area (Å²) < 4.78 is 5.63. The average Bonchev–Trinajstić information content (AvgIpc) is 2.61. The summed E-state index contributed by atoms with van der Waals surface area (Å²) >= 11 is 0. The molecule has 0 saturated heterocycles. The van der Waals surface area contributed by atoms with Gasteiger partial charge in [0, 0.05) is 11.1 Å². The normalized spacial score (nSPS) is 12.5. The molecule has 0 amide bonds. The Morgan fingerprint density at radius 3 is 2.24 bits per heavy atom. The van der Waals surface area contributed by atoms with Gasteiger partial charge in [-0.25, -0.2) is 4.42 Å². The quantitative estimate of drug-likeness (QED) is 0.546. The van der Waals surface area contributed by atoms with Crippen LogP contribution in [0.5, 0.6) is 0 Å². The highest BCUT2D eigenvalue weighted by atomic mass is 16.3. The maximum atomic E-state index is 12.3. The number of hydrogen-bond acceptors (Lipinski definition) is 1. The van der Waals surface area contributed by atoms with E-state index in [1.807, 2.05) is 45.0 Å². The lowest BCUT2D eigenvalue weighted by atomic mass is 10.0. The van der Waals surface area contributed by atoms with Crippen molar-refractivity contribution >= 4 is 5.78 Å².